The Labute approximate surface area is 223 Å². The van der Waals surface area contributed by atoms with Gasteiger partial charge >= 0.3 is 5.97 Å². The number of methoxy groups -OCH3 is 1. The lowest BCUT2D eigenvalue weighted by Gasteiger charge is -2.53. The number of carbonyl (C=O) groups excluding carboxylic acids is 3. The highest BCUT2D eigenvalue weighted by Gasteiger charge is 2.51. The third kappa shape index (κ3) is 5.98. The lowest BCUT2D eigenvalue weighted by atomic mass is 9.67. The molecule has 2 aromatic rings. The van der Waals surface area contributed by atoms with E-state index < -0.39 is 28.9 Å². The predicted octanol–water partition coefficient (Wildman–Crippen LogP) is 4.09. The summed E-state index contributed by atoms with van der Waals surface area (Å²) in [4.78, 5) is 37.8. The van der Waals surface area contributed by atoms with Crippen LogP contribution >= 0.6 is 11.6 Å². The number of hydrogen-bond donors (Lipinski definition) is 1. The van der Waals surface area contributed by atoms with Crippen molar-refractivity contribution in [1.29, 1.82) is 0 Å². The Morgan fingerprint density at radius 2 is 1.81 bits per heavy atom. The number of amides is 1. The van der Waals surface area contributed by atoms with Crippen LogP contribution in [0.15, 0.2) is 48.5 Å². The van der Waals surface area contributed by atoms with Gasteiger partial charge in [0.05, 0.1) is 12.7 Å². The van der Waals surface area contributed by atoms with Gasteiger partial charge in [-0.25, -0.2) is 9.80 Å². The first-order valence-electron chi connectivity index (χ1n) is 12.3. The predicted molar refractivity (Wildman–Crippen MR) is 140 cm³/mol. The van der Waals surface area contributed by atoms with Crippen molar-refractivity contribution in [3.8, 4) is 5.75 Å². The van der Waals surface area contributed by atoms with E-state index in [1.165, 1.54) is 12.1 Å². The van der Waals surface area contributed by atoms with E-state index >= 15 is 0 Å². The van der Waals surface area contributed by atoms with Crippen LogP contribution in [0.3, 0.4) is 0 Å². The standard InChI is InChI=1S/C28H35ClN2O6/c1-19(2)23(16-32)31(25(33)17-37-24-9-7-6-8-22(24)26(34)36-5)30-15-14-28(35,27(3,4)18-30)20-10-12-21(29)13-11-20/h6-13,16,19,23,35H,14-15,17-18H2,1-5H3/t23-,28-/m0/s1. The summed E-state index contributed by atoms with van der Waals surface area (Å²) in [5.74, 6) is -0.958. The van der Waals surface area contributed by atoms with E-state index in [1.807, 2.05) is 44.8 Å². The van der Waals surface area contributed by atoms with Crippen LogP contribution in [0.2, 0.25) is 5.02 Å². The van der Waals surface area contributed by atoms with E-state index in [-0.39, 0.29) is 23.8 Å². The van der Waals surface area contributed by atoms with Crippen molar-refractivity contribution in [2.75, 3.05) is 26.8 Å². The average Bonchev–Trinajstić information content (AvgIpc) is 2.87. The maximum atomic E-state index is 13.6. The number of rotatable bonds is 9. The first-order chi connectivity index (χ1) is 17.4. The molecule has 2 aromatic carbocycles. The number of benzene rings is 2. The maximum Gasteiger partial charge on any atom is 0.341 e. The third-order valence-electron chi connectivity index (χ3n) is 7.06. The van der Waals surface area contributed by atoms with Gasteiger partial charge in [0.2, 0.25) is 0 Å². The quantitative estimate of drug-likeness (QED) is 0.385. The molecule has 0 bridgehead atoms. The number of carbonyl (C=O) groups is 3. The van der Waals surface area contributed by atoms with E-state index in [2.05, 4.69) is 0 Å². The van der Waals surface area contributed by atoms with Crippen molar-refractivity contribution in [2.45, 2.75) is 45.8 Å². The van der Waals surface area contributed by atoms with Crippen LogP contribution in [-0.2, 0) is 19.9 Å². The van der Waals surface area contributed by atoms with Crippen molar-refractivity contribution in [1.82, 2.24) is 10.0 Å². The largest absolute Gasteiger partial charge is 0.483 e. The number of hydrazine groups is 1. The van der Waals surface area contributed by atoms with E-state index in [0.29, 0.717) is 24.5 Å². The zero-order valence-electron chi connectivity index (χ0n) is 21.9. The van der Waals surface area contributed by atoms with Gasteiger partial charge in [0.1, 0.15) is 23.6 Å². The number of nitrogens with zero attached hydrogens (tertiary/aromatic N) is 2. The molecule has 0 saturated carbocycles. The van der Waals surface area contributed by atoms with Crippen molar-refractivity contribution in [3.63, 3.8) is 0 Å². The topological polar surface area (TPSA) is 96.4 Å². The Hall–Kier alpha value is -2.94. The number of para-hydroxylation sites is 1. The number of halogens is 1. The second-order valence-corrected chi connectivity index (χ2v) is 10.7. The van der Waals surface area contributed by atoms with Crippen molar-refractivity contribution >= 4 is 29.8 Å². The van der Waals surface area contributed by atoms with Crippen LogP contribution in [0.4, 0.5) is 0 Å². The zero-order chi connectivity index (χ0) is 27.4. The average molecular weight is 531 g/mol. The molecule has 1 saturated heterocycles. The molecule has 200 valence electrons. The molecule has 0 radical (unpaired) electrons. The van der Waals surface area contributed by atoms with Gasteiger partial charge < -0.3 is 19.4 Å². The number of aliphatic hydroxyl groups is 1. The fraction of sp³-hybridized carbons (Fsp3) is 0.464. The fourth-order valence-corrected chi connectivity index (χ4v) is 4.95. The molecule has 37 heavy (non-hydrogen) atoms. The minimum Gasteiger partial charge on any atom is -0.483 e. The van der Waals surface area contributed by atoms with E-state index in [9.17, 15) is 19.5 Å². The molecular weight excluding hydrogens is 496 g/mol. The summed E-state index contributed by atoms with van der Waals surface area (Å²) < 4.78 is 10.5. The monoisotopic (exact) mass is 530 g/mol. The SMILES string of the molecule is COC(=O)c1ccccc1OCC(=O)N([C@@H](C=O)C(C)C)N1CC[C@](O)(c2ccc(Cl)cc2)C(C)(C)C1. The molecule has 2 atom stereocenters. The number of hydrogen-bond acceptors (Lipinski definition) is 7. The summed E-state index contributed by atoms with van der Waals surface area (Å²) in [6.45, 7) is 7.87. The van der Waals surface area contributed by atoms with Crippen LogP contribution in [0, 0.1) is 11.3 Å². The number of aldehydes is 1. The third-order valence-corrected chi connectivity index (χ3v) is 7.31. The van der Waals surface area contributed by atoms with E-state index in [4.69, 9.17) is 21.1 Å². The number of piperidine rings is 1. The number of ether oxygens (including phenoxy) is 2. The van der Waals surface area contributed by atoms with Crippen LogP contribution in [-0.4, -0.2) is 66.1 Å². The zero-order valence-corrected chi connectivity index (χ0v) is 22.7. The van der Waals surface area contributed by atoms with Gasteiger partial charge in [0.15, 0.2) is 6.61 Å². The molecule has 3 rings (SSSR count). The van der Waals surface area contributed by atoms with Gasteiger partial charge in [0, 0.05) is 23.5 Å². The first-order valence-corrected chi connectivity index (χ1v) is 12.6. The minimum absolute atomic E-state index is 0.163. The molecule has 8 nitrogen and oxygen atoms in total. The summed E-state index contributed by atoms with van der Waals surface area (Å²) in [6, 6.07) is 12.9. The van der Waals surface area contributed by atoms with E-state index in [1.54, 1.807) is 36.4 Å². The number of esters is 1. The van der Waals surface area contributed by atoms with Crippen LogP contribution in [0.1, 0.15) is 50.0 Å². The molecule has 1 aliphatic heterocycles. The van der Waals surface area contributed by atoms with Crippen LogP contribution in [0.5, 0.6) is 5.75 Å². The summed E-state index contributed by atoms with van der Waals surface area (Å²) in [5.41, 5.74) is -0.890. The van der Waals surface area contributed by atoms with Crippen molar-refractivity contribution < 1.29 is 29.0 Å². The highest BCUT2D eigenvalue weighted by Crippen LogP contribution is 2.46. The van der Waals surface area contributed by atoms with Gasteiger partial charge in [-0.1, -0.05) is 63.6 Å². The molecule has 0 aromatic heterocycles. The van der Waals surface area contributed by atoms with Crippen LogP contribution < -0.4 is 4.74 Å². The highest BCUT2D eigenvalue weighted by atomic mass is 35.5. The summed E-state index contributed by atoms with van der Waals surface area (Å²) in [7, 11) is 1.27. The lowest BCUT2D eigenvalue weighted by molar-refractivity contribution is -0.196. The maximum absolute atomic E-state index is 13.6. The Balaban J connectivity index is 1.86. The van der Waals surface area contributed by atoms with Gasteiger partial charge in [0.25, 0.3) is 5.91 Å². The lowest BCUT2D eigenvalue weighted by Crippen LogP contribution is -2.64. The highest BCUT2D eigenvalue weighted by molar-refractivity contribution is 6.30. The Kier molecular flexibility index (Phi) is 9.00. The fourth-order valence-electron chi connectivity index (χ4n) is 4.83. The Morgan fingerprint density at radius 1 is 1.16 bits per heavy atom. The summed E-state index contributed by atoms with van der Waals surface area (Å²) in [5, 5.41) is 15.6. The summed E-state index contributed by atoms with van der Waals surface area (Å²) in [6.07, 6.45) is 1.10. The Morgan fingerprint density at radius 3 is 2.38 bits per heavy atom. The molecule has 0 unspecified atom stereocenters. The normalized spacial score (nSPS) is 20.2. The molecule has 0 aliphatic carbocycles. The molecule has 1 aliphatic rings. The first kappa shape index (κ1) is 28.6. The molecule has 1 N–H and O–H groups in total. The molecular formula is C28H35ClN2O6. The van der Waals surface area contributed by atoms with Gasteiger partial charge in [-0.3, -0.25) is 9.80 Å². The second kappa shape index (κ2) is 11.6. The van der Waals surface area contributed by atoms with Gasteiger partial charge in [-0.2, -0.15) is 0 Å². The molecule has 9 heteroatoms. The minimum atomic E-state index is -1.16. The van der Waals surface area contributed by atoms with Crippen molar-refractivity contribution in [3.05, 3.63) is 64.7 Å². The molecule has 0 spiro atoms. The van der Waals surface area contributed by atoms with Crippen molar-refractivity contribution in [2.24, 2.45) is 11.3 Å². The van der Waals surface area contributed by atoms with E-state index in [0.717, 1.165) is 11.8 Å². The van der Waals surface area contributed by atoms with Gasteiger partial charge in [-0.15, -0.1) is 0 Å². The molecule has 1 fully saturated rings. The molecule has 1 heterocycles. The van der Waals surface area contributed by atoms with Gasteiger partial charge in [-0.05, 0) is 42.2 Å². The molecule has 1 amide bonds. The smallest absolute Gasteiger partial charge is 0.341 e. The van der Waals surface area contributed by atoms with Crippen LogP contribution in [0.25, 0.3) is 0 Å². The Bertz CT molecular complexity index is 1120. The second-order valence-electron chi connectivity index (χ2n) is 10.3. The summed E-state index contributed by atoms with van der Waals surface area (Å²) >= 11 is 6.05.